The Balaban J connectivity index is 0.000000797. The van der Waals surface area contributed by atoms with Crippen LogP contribution in [-0.4, -0.2) is 59.4 Å². The van der Waals surface area contributed by atoms with Crippen LogP contribution in [0.3, 0.4) is 0 Å². The van der Waals surface area contributed by atoms with E-state index < -0.39 is 24.1 Å². The maximum atomic E-state index is 11.4. The van der Waals surface area contributed by atoms with Gasteiger partial charge in [-0.25, -0.2) is 9.59 Å². The van der Waals surface area contributed by atoms with E-state index in [0.717, 1.165) is 0 Å². The molecule has 1 fully saturated rings. The summed E-state index contributed by atoms with van der Waals surface area (Å²) in [6.07, 6.45) is -1.78. The molecule has 0 aromatic rings. The largest absolute Gasteiger partial charge is 0.464 e. The number of amides is 2. The van der Waals surface area contributed by atoms with Gasteiger partial charge in [0.05, 0.1) is 13.2 Å². The SMILES string of the molecule is CC(C)CCOC(=O)C(O)C(O)C(=O)OCCC(C)C.O=C1CCC(=O)N1. The van der Waals surface area contributed by atoms with Gasteiger partial charge in [-0.15, -0.1) is 0 Å². The predicted molar refractivity (Wildman–Crippen MR) is 95.2 cm³/mol. The van der Waals surface area contributed by atoms with Crippen molar-refractivity contribution < 1.29 is 38.9 Å². The van der Waals surface area contributed by atoms with Crippen LogP contribution >= 0.6 is 0 Å². The highest BCUT2D eigenvalue weighted by Gasteiger charge is 2.32. The Morgan fingerprint density at radius 3 is 1.41 bits per heavy atom. The van der Waals surface area contributed by atoms with Gasteiger partial charge >= 0.3 is 11.9 Å². The van der Waals surface area contributed by atoms with Crippen molar-refractivity contribution in [3.05, 3.63) is 0 Å². The van der Waals surface area contributed by atoms with Gasteiger partial charge in [-0.05, 0) is 24.7 Å². The maximum absolute atomic E-state index is 11.4. The van der Waals surface area contributed by atoms with Crippen LogP contribution in [0.1, 0.15) is 53.4 Å². The van der Waals surface area contributed by atoms with Crippen molar-refractivity contribution in [2.75, 3.05) is 13.2 Å². The van der Waals surface area contributed by atoms with Crippen LogP contribution < -0.4 is 5.32 Å². The summed E-state index contributed by atoms with van der Waals surface area (Å²) in [6.45, 7) is 8.14. The Kier molecular flexibility index (Phi) is 12.2. The van der Waals surface area contributed by atoms with Crippen LogP contribution in [0.4, 0.5) is 0 Å². The number of esters is 2. The first kappa shape index (κ1) is 25.0. The standard InChI is InChI=1S/C14H26O6.C4H5NO2/c1-9(2)5-7-19-13(17)11(15)12(16)14(18)20-8-6-10(3)4;6-3-1-2-4(7)5-3/h9-12,15-16H,5-8H2,1-4H3;1-2H2,(H,5,6,7). The van der Waals surface area contributed by atoms with Gasteiger partial charge in [0.2, 0.25) is 11.8 Å². The lowest BCUT2D eigenvalue weighted by Gasteiger charge is -2.16. The Labute approximate surface area is 159 Å². The zero-order valence-corrected chi connectivity index (χ0v) is 16.4. The number of hydrogen-bond acceptors (Lipinski definition) is 8. The van der Waals surface area contributed by atoms with Crippen LogP contribution in [0.25, 0.3) is 0 Å². The molecule has 1 rings (SSSR count). The van der Waals surface area contributed by atoms with E-state index >= 15 is 0 Å². The fourth-order valence-corrected chi connectivity index (χ4v) is 1.73. The zero-order valence-electron chi connectivity index (χ0n) is 16.4. The molecule has 0 bridgehead atoms. The highest BCUT2D eigenvalue weighted by atomic mass is 16.6. The molecule has 0 spiro atoms. The molecule has 1 saturated heterocycles. The second-order valence-electron chi connectivity index (χ2n) is 7.06. The van der Waals surface area contributed by atoms with E-state index in [1.165, 1.54) is 0 Å². The lowest BCUT2D eigenvalue weighted by molar-refractivity contribution is -0.173. The molecule has 0 aromatic heterocycles. The number of aliphatic hydroxyl groups excluding tert-OH is 2. The third-order valence-electron chi connectivity index (χ3n) is 3.52. The number of ether oxygens (including phenoxy) is 2. The normalized spacial score (nSPS) is 15.7. The summed E-state index contributed by atoms with van der Waals surface area (Å²) in [5, 5.41) is 21.1. The van der Waals surface area contributed by atoms with E-state index in [-0.39, 0.29) is 25.0 Å². The third-order valence-corrected chi connectivity index (χ3v) is 3.52. The first-order valence-electron chi connectivity index (χ1n) is 9.06. The quantitative estimate of drug-likeness (QED) is 0.378. The van der Waals surface area contributed by atoms with E-state index in [9.17, 15) is 29.4 Å². The van der Waals surface area contributed by atoms with Crippen LogP contribution in [0.15, 0.2) is 0 Å². The zero-order chi connectivity index (χ0) is 21.0. The molecule has 0 saturated carbocycles. The van der Waals surface area contributed by atoms with Gasteiger partial charge < -0.3 is 19.7 Å². The van der Waals surface area contributed by atoms with Gasteiger partial charge in [0.15, 0.2) is 12.2 Å². The second kappa shape index (κ2) is 13.2. The van der Waals surface area contributed by atoms with Crippen LogP contribution in [0.2, 0.25) is 0 Å². The Morgan fingerprint density at radius 1 is 0.852 bits per heavy atom. The first-order chi connectivity index (χ1) is 12.5. The molecule has 2 atom stereocenters. The fraction of sp³-hybridized carbons (Fsp3) is 0.778. The van der Waals surface area contributed by atoms with E-state index in [1.807, 2.05) is 27.7 Å². The molecule has 0 radical (unpaired) electrons. The van der Waals surface area contributed by atoms with Gasteiger partial charge in [-0.1, -0.05) is 27.7 Å². The number of hydrogen-bond donors (Lipinski definition) is 3. The van der Waals surface area contributed by atoms with Gasteiger partial charge in [0, 0.05) is 12.8 Å². The molecule has 156 valence electrons. The van der Waals surface area contributed by atoms with E-state index in [2.05, 4.69) is 5.32 Å². The number of rotatable bonds is 9. The van der Waals surface area contributed by atoms with Crippen molar-refractivity contribution in [3.8, 4) is 0 Å². The number of carbonyl (C=O) groups is 4. The molecular weight excluding hydrogens is 358 g/mol. The first-order valence-corrected chi connectivity index (χ1v) is 9.06. The lowest BCUT2D eigenvalue weighted by atomic mass is 10.1. The number of aliphatic hydroxyl groups is 2. The van der Waals surface area contributed by atoms with Crippen LogP contribution in [0, 0.1) is 11.8 Å². The number of carbonyl (C=O) groups excluding carboxylic acids is 4. The molecule has 9 nitrogen and oxygen atoms in total. The minimum absolute atomic E-state index is 0.142. The van der Waals surface area contributed by atoms with Crippen molar-refractivity contribution >= 4 is 23.8 Å². The van der Waals surface area contributed by atoms with E-state index in [4.69, 9.17) is 9.47 Å². The number of imide groups is 1. The molecular formula is C18H31NO8. The van der Waals surface area contributed by atoms with E-state index in [1.54, 1.807) is 0 Å². The Bertz CT molecular complexity index is 460. The van der Waals surface area contributed by atoms with Crippen molar-refractivity contribution in [1.29, 1.82) is 0 Å². The van der Waals surface area contributed by atoms with Crippen molar-refractivity contribution in [2.24, 2.45) is 11.8 Å². The minimum Gasteiger partial charge on any atom is -0.464 e. The van der Waals surface area contributed by atoms with Gasteiger partial charge in [-0.2, -0.15) is 0 Å². The monoisotopic (exact) mass is 389 g/mol. The molecule has 9 heteroatoms. The molecule has 27 heavy (non-hydrogen) atoms. The van der Waals surface area contributed by atoms with Gasteiger partial charge in [0.25, 0.3) is 0 Å². The number of nitrogens with one attached hydrogen (secondary N) is 1. The smallest absolute Gasteiger partial charge is 0.338 e. The molecule has 1 aliphatic heterocycles. The fourth-order valence-electron chi connectivity index (χ4n) is 1.73. The highest BCUT2D eigenvalue weighted by Crippen LogP contribution is 2.05. The molecule has 1 heterocycles. The Morgan fingerprint density at radius 2 is 1.19 bits per heavy atom. The molecule has 3 N–H and O–H groups in total. The van der Waals surface area contributed by atoms with Crippen LogP contribution in [-0.2, 0) is 28.7 Å². The van der Waals surface area contributed by atoms with Gasteiger partial charge in [0.1, 0.15) is 0 Å². The molecule has 0 aliphatic carbocycles. The molecule has 0 aromatic carbocycles. The summed E-state index contributed by atoms with van der Waals surface area (Å²) in [6, 6.07) is 0. The van der Waals surface area contributed by atoms with Crippen LogP contribution in [0.5, 0.6) is 0 Å². The summed E-state index contributed by atoms with van der Waals surface area (Å²) in [5.41, 5.74) is 0. The van der Waals surface area contributed by atoms with Gasteiger partial charge in [-0.3, -0.25) is 14.9 Å². The molecule has 2 amide bonds. The summed E-state index contributed by atoms with van der Waals surface area (Å²) in [7, 11) is 0. The third kappa shape index (κ3) is 12.1. The topological polar surface area (TPSA) is 139 Å². The van der Waals surface area contributed by atoms with E-state index in [0.29, 0.717) is 37.5 Å². The molecule has 1 aliphatic rings. The molecule has 2 unspecified atom stereocenters. The lowest BCUT2D eigenvalue weighted by Crippen LogP contribution is -2.42. The predicted octanol–water partition coefficient (Wildman–Crippen LogP) is 0.310. The average Bonchev–Trinajstić information content (AvgIpc) is 2.96. The second-order valence-corrected chi connectivity index (χ2v) is 7.06. The highest BCUT2D eigenvalue weighted by molar-refractivity contribution is 6.01. The average molecular weight is 389 g/mol. The van der Waals surface area contributed by atoms with Crippen molar-refractivity contribution in [2.45, 2.75) is 65.6 Å². The summed E-state index contributed by atoms with van der Waals surface area (Å²) >= 11 is 0. The minimum atomic E-state index is -1.91. The van der Waals surface area contributed by atoms with Crippen molar-refractivity contribution in [1.82, 2.24) is 5.32 Å². The maximum Gasteiger partial charge on any atom is 0.338 e. The Hall–Kier alpha value is -2.00. The summed E-state index contributed by atoms with van der Waals surface area (Å²) in [4.78, 5) is 43.1. The summed E-state index contributed by atoms with van der Waals surface area (Å²) in [5.74, 6) is -1.62. The van der Waals surface area contributed by atoms with Crippen molar-refractivity contribution in [3.63, 3.8) is 0 Å². The summed E-state index contributed by atoms with van der Waals surface area (Å²) < 4.78 is 9.54.